The van der Waals surface area contributed by atoms with Crippen LogP contribution in [-0.2, 0) is 10.9 Å². The molecule has 0 spiro atoms. The third-order valence-electron chi connectivity index (χ3n) is 6.56. The second kappa shape index (κ2) is 9.60. The zero-order chi connectivity index (χ0) is 15.0. The molecule has 0 aliphatic heterocycles. The van der Waals surface area contributed by atoms with Crippen molar-refractivity contribution in [3.8, 4) is 0 Å². The van der Waals surface area contributed by atoms with Crippen molar-refractivity contribution in [3.63, 3.8) is 0 Å². The summed E-state index contributed by atoms with van der Waals surface area (Å²) in [4.78, 5) is 0. The zero-order valence-corrected chi connectivity index (χ0v) is 15.7. The maximum absolute atomic E-state index is 1.59. The van der Waals surface area contributed by atoms with Gasteiger partial charge in [0.25, 0.3) is 0 Å². The summed E-state index contributed by atoms with van der Waals surface area (Å²) in [5, 5.41) is 3.40. The summed E-state index contributed by atoms with van der Waals surface area (Å²) in [6, 6.07) is 0. The first-order valence-corrected chi connectivity index (χ1v) is 12.1. The number of hydrogen-bond donors (Lipinski definition) is 0. The van der Waals surface area contributed by atoms with E-state index in [0.717, 1.165) is 26.6 Å². The molecule has 0 N–H and O–H groups in total. The average Bonchev–Trinajstić information content (AvgIpc) is 3.04. The largest absolute Gasteiger partial charge is 0.118 e. The van der Waals surface area contributed by atoms with Crippen LogP contribution in [0.25, 0.3) is 0 Å². The smallest absolute Gasteiger partial charge is 0.0531 e. The molecule has 0 aromatic rings. The van der Waals surface area contributed by atoms with E-state index in [9.17, 15) is 0 Å². The van der Waals surface area contributed by atoms with Crippen molar-refractivity contribution in [2.24, 2.45) is 0 Å². The fourth-order valence-electron chi connectivity index (χ4n) is 5.36. The van der Waals surface area contributed by atoms with Gasteiger partial charge in [-0.05, 0) is 87.9 Å². The fourth-order valence-corrected chi connectivity index (χ4v) is 9.62. The van der Waals surface area contributed by atoms with E-state index in [4.69, 9.17) is 0 Å². The molecule has 1 heteroatoms. The summed E-state index contributed by atoms with van der Waals surface area (Å²) in [6.07, 6.45) is 28.0. The van der Waals surface area contributed by atoms with Crippen molar-refractivity contribution < 1.29 is 0 Å². The normalized spacial score (nSPS) is 28.2. The molecule has 0 saturated heterocycles. The molecule has 3 rings (SSSR count). The Labute approximate surface area is 142 Å². The molecule has 0 atom stereocenters. The molecular formula is C21H39S+. The molecule has 0 bridgehead atoms. The van der Waals surface area contributed by atoms with Gasteiger partial charge in [0.2, 0.25) is 0 Å². The van der Waals surface area contributed by atoms with Crippen LogP contribution in [0.2, 0.25) is 0 Å². The molecule has 0 nitrogen and oxygen atoms in total. The van der Waals surface area contributed by atoms with Crippen molar-refractivity contribution in [2.75, 3.05) is 0 Å². The standard InChI is InChI=1S/C21H39S/c1-2-8-14-19(13-7-1)22(20-15-9-3-4-10-16-20)21-17-11-5-6-12-18-21/h19-21H,1-18H2/q+1. The second-order valence-corrected chi connectivity index (χ2v) is 11.1. The lowest BCUT2D eigenvalue weighted by Gasteiger charge is -2.30. The summed E-state index contributed by atoms with van der Waals surface area (Å²) >= 11 is 0. The summed E-state index contributed by atoms with van der Waals surface area (Å²) in [6.45, 7) is 0. The number of rotatable bonds is 3. The van der Waals surface area contributed by atoms with Crippen LogP contribution in [-0.4, -0.2) is 15.7 Å². The Morgan fingerprint density at radius 1 is 0.318 bits per heavy atom. The van der Waals surface area contributed by atoms with E-state index < -0.39 is 0 Å². The average molecular weight is 324 g/mol. The molecule has 0 aromatic heterocycles. The van der Waals surface area contributed by atoms with E-state index in [1.807, 2.05) is 0 Å². The van der Waals surface area contributed by atoms with E-state index in [1.54, 1.807) is 77.0 Å². The number of hydrogen-bond acceptors (Lipinski definition) is 0. The molecule has 0 heterocycles. The van der Waals surface area contributed by atoms with Gasteiger partial charge in [0.1, 0.15) is 15.7 Å². The molecule has 22 heavy (non-hydrogen) atoms. The first kappa shape index (κ1) is 17.2. The maximum Gasteiger partial charge on any atom is 0.118 e. The molecule has 0 unspecified atom stereocenters. The summed E-state index contributed by atoms with van der Waals surface area (Å²) in [5.41, 5.74) is 0. The predicted molar refractivity (Wildman–Crippen MR) is 102 cm³/mol. The van der Waals surface area contributed by atoms with Crippen molar-refractivity contribution in [2.45, 2.75) is 131 Å². The molecule has 3 aliphatic rings. The molecule has 0 aromatic carbocycles. The summed E-state index contributed by atoms with van der Waals surface area (Å²) in [5.74, 6) is 0. The molecule has 3 fully saturated rings. The van der Waals surface area contributed by atoms with Gasteiger partial charge in [-0.25, -0.2) is 0 Å². The molecule has 3 aliphatic carbocycles. The highest BCUT2D eigenvalue weighted by Crippen LogP contribution is 2.39. The first-order chi connectivity index (χ1) is 10.9. The topological polar surface area (TPSA) is 0 Å². The minimum Gasteiger partial charge on any atom is -0.0531 e. The van der Waals surface area contributed by atoms with Gasteiger partial charge in [0.15, 0.2) is 0 Å². The van der Waals surface area contributed by atoms with Crippen molar-refractivity contribution in [3.05, 3.63) is 0 Å². The highest BCUT2D eigenvalue weighted by Gasteiger charge is 2.44. The zero-order valence-electron chi connectivity index (χ0n) is 14.9. The maximum atomic E-state index is 1.59. The second-order valence-electron chi connectivity index (χ2n) is 8.25. The Hall–Kier alpha value is 0.350. The van der Waals surface area contributed by atoms with Crippen LogP contribution in [0.5, 0.6) is 0 Å². The van der Waals surface area contributed by atoms with Gasteiger partial charge in [-0.1, -0.05) is 38.5 Å². The Balaban J connectivity index is 1.72. The van der Waals surface area contributed by atoms with E-state index in [1.165, 1.54) is 38.5 Å². The lowest BCUT2D eigenvalue weighted by atomic mass is 10.2. The highest BCUT2D eigenvalue weighted by molar-refractivity contribution is 7.98. The van der Waals surface area contributed by atoms with Gasteiger partial charge in [0, 0.05) is 0 Å². The highest BCUT2D eigenvalue weighted by atomic mass is 32.2. The van der Waals surface area contributed by atoms with E-state index in [-0.39, 0.29) is 0 Å². The molecular weight excluding hydrogens is 284 g/mol. The fraction of sp³-hybridized carbons (Fsp3) is 1.00. The van der Waals surface area contributed by atoms with Gasteiger partial charge in [-0.2, -0.15) is 0 Å². The van der Waals surface area contributed by atoms with Crippen molar-refractivity contribution >= 4 is 10.9 Å². The first-order valence-electron chi connectivity index (χ1n) is 10.7. The van der Waals surface area contributed by atoms with Gasteiger partial charge < -0.3 is 0 Å². The third kappa shape index (κ3) is 4.92. The lowest BCUT2D eigenvalue weighted by Crippen LogP contribution is -2.40. The van der Waals surface area contributed by atoms with Gasteiger partial charge in [-0.15, -0.1) is 0 Å². The minimum absolute atomic E-state index is 0.783. The van der Waals surface area contributed by atoms with E-state index in [2.05, 4.69) is 0 Å². The van der Waals surface area contributed by atoms with Crippen LogP contribution in [0.1, 0.15) is 116 Å². The SMILES string of the molecule is C1CCCC([S+](C2CCCCCC2)C2CCCCCC2)CC1. The third-order valence-corrected chi connectivity index (χ3v) is 10.3. The van der Waals surface area contributed by atoms with Gasteiger partial charge in [0.05, 0.1) is 0 Å². The molecule has 128 valence electrons. The Morgan fingerprint density at radius 2 is 0.545 bits per heavy atom. The predicted octanol–water partition coefficient (Wildman–Crippen LogP) is 6.77. The van der Waals surface area contributed by atoms with Crippen molar-refractivity contribution in [1.82, 2.24) is 0 Å². The van der Waals surface area contributed by atoms with Crippen molar-refractivity contribution in [1.29, 1.82) is 0 Å². The van der Waals surface area contributed by atoms with Crippen LogP contribution in [0, 0.1) is 0 Å². The van der Waals surface area contributed by atoms with Crippen LogP contribution < -0.4 is 0 Å². The van der Waals surface area contributed by atoms with Crippen LogP contribution in [0.3, 0.4) is 0 Å². The van der Waals surface area contributed by atoms with E-state index in [0.29, 0.717) is 0 Å². The summed E-state index contributed by atoms with van der Waals surface area (Å²) in [7, 11) is 0.783. The van der Waals surface area contributed by atoms with Crippen LogP contribution >= 0.6 is 0 Å². The van der Waals surface area contributed by atoms with Gasteiger partial charge in [-0.3, -0.25) is 0 Å². The quantitative estimate of drug-likeness (QED) is 0.397. The Bertz CT molecular complexity index is 229. The van der Waals surface area contributed by atoms with Gasteiger partial charge >= 0.3 is 0 Å². The summed E-state index contributed by atoms with van der Waals surface area (Å²) < 4.78 is 0. The molecule has 0 amide bonds. The molecule has 3 saturated carbocycles. The monoisotopic (exact) mass is 323 g/mol. The minimum atomic E-state index is 0.783. The Kier molecular flexibility index (Phi) is 7.50. The molecule has 0 radical (unpaired) electrons. The van der Waals surface area contributed by atoms with Crippen LogP contribution in [0.15, 0.2) is 0 Å². The van der Waals surface area contributed by atoms with Crippen LogP contribution in [0.4, 0.5) is 0 Å². The Morgan fingerprint density at radius 3 is 0.773 bits per heavy atom. The lowest BCUT2D eigenvalue weighted by molar-refractivity contribution is 0.635. The van der Waals surface area contributed by atoms with E-state index >= 15 is 0 Å².